The zero-order chi connectivity index (χ0) is 10.1. The lowest BCUT2D eigenvalue weighted by atomic mass is 10.2. The van der Waals surface area contributed by atoms with Crippen molar-refractivity contribution in [2.75, 3.05) is 13.4 Å². The maximum Gasteiger partial charge on any atom is 0.120 e. The second-order valence-electron chi connectivity index (χ2n) is 2.80. The van der Waals surface area contributed by atoms with Gasteiger partial charge in [0.25, 0.3) is 0 Å². The monoisotopic (exact) mass is 244 g/mol. The van der Waals surface area contributed by atoms with Gasteiger partial charge in [-0.25, -0.2) is 0 Å². The molecule has 0 bridgehead atoms. The third-order valence-electron chi connectivity index (χ3n) is 1.98. The van der Waals surface area contributed by atoms with Crippen molar-refractivity contribution in [1.82, 2.24) is 0 Å². The van der Waals surface area contributed by atoms with E-state index in [2.05, 4.69) is 6.26 Å². The first-order valence-corrected chi connectivity index (χ1v) is 6.47. The van der Waals surface area contributed by atoms with E-state index in [1.807, 2.05) is 18.2 Å². The van der Waals surface area contributed by atoms with Gasteiger partial charge in [-0.15, -0.1) is 23.1 Å². The summed E-state index contributed by atoms with van der Waals surface area (Å²) in [6.45, 7) is 0. The molecule has 0 fully saturated rings. The molecular formula is C10H9ClOS2. The highest BCUT2D eigenvalue weighted by molar-refractivity contribution is 7.99. The standard InChI is InChI=1S/C10H9ClOS2/c1-12-7-3-6-4-9(11)14-10(6)8(5-7)13-2/h3-5H,1-2H3. The van der Waals surface area contributed by atoms with E-state index in [9.17, 15) is 0 Å². The molecule has 2 rings (SSSR count). The Kier molecular flexibility index (Phi) is 2.91. The predicted octanol–water partition coefficient (Wildman–Crippen LogP) is 4.29. The van der Waals surface area contributed by atoms with Gasteiger partial charge in [-0.05, 0) is 29.8 Å². The van der Waals surface area contributed by atoms with Gasteiger partial charge in [-0.3, -0.25) is 0 Å². The van der Waals surface area contributed by atoms with Crippen LogP contribution < -0.4 is 4.74 Å². The highest BCUT2D eigenvalue weighted by Crippen LogP contribution is 2.38. The normalized spacial score (nSPS) is 10.8. The van der Waals surface area contributed by atoms with Gasteiger partial charge in [-0.1, -0.05) is 11.6 Å². The van der Waals surface area contributed by atoms with Crippen molar-refractivity contribution in [3.05, 3.63) is 22.5 Å². The first-order chi connectivity index (χ1) is 6.74. The molecule has 0 N–H and O–H groups in total. The van der Waals surface area contributed by atoms with E-state index in [4.69, 9.17) is 16.3 Å². The van der Waals surface area contributed by atoms with Crippen LogP contribution in [-0.4, -0.2) is 13.4 Å². The van der Waals surface area contributed by atoms with Gasteiger partial charge in [0, 0.05) is 9.60 Å². The molecule has 0 amide bonds. The van der Waals surface area contributed by atoms with Gasteiger partial charge in [0.1, 0.15) is 5.75 Å². The van der Waals surface area contributed by atoms with Gasteiger partial charge in [0.15, 0.2) is 0 Å². The molecule has 1 aromatic heterocycles. The number of fused-ring (bicyclic) bond motifs is 1. The van der Waals surface area contributed by atoms with Crippen molar-refractivity contribution >= 4 is 44.8 Å². The molecule has 4 heteroatoms. The summed E-state index contributed by atoms with van der Waals surface area (Å²) in [7, 11) is 1.68. The molecule has 0 saturated heterocycles. The van der Waals surface area contributed by atoms with E-state index in [0.717, 1.165) is 15.5 Å². The van der Waals surface area contributed by atoms with E-state index in [-0.39, 0.29) is 0 Å². The number of benzene rings is 1. The summed E-state index contributed by atoms with van der Waals surface area (Å²) in [5, 5.41) is 1.16. The minimum atomic E-state index is 0.823. The second kappa shape index (κ2) is 4.01. The largest absolute Gasteiger partial charge is 0.497 e. The lowest BCUT2D eigenvalue weighted by Crippen LogP contribution is -1.82. The van der Waals surface area contributed by atoms with Crippen molar-refractivity contribution in [3.8, 4) is 5.75 Å². The maximum absolute atomic E-state index is 5.98. The summed E-state index contributed by atoms with van der Waals surface area (Å²) in [5.41, 5.74) is 0. The number of ether oxygens (including phenoxy) is 1. The van der Waals surface area contributed by atoms with E-state index in [0.29, 0.717) is 0 Å². The van der Waals surface area contributed by atoms with Crippen molar-refractivity contribution in [3.63, 3.8) is 0 Å². The average Bonchev–Trinajstić information content (AvgIpc) is 2.56. The van der Waals surface area contributed by atoms with E-state index in [1.54, 1.807) is 30.2 Å². The Hall–Kier alpha value is -0.380. The van der Waals surface area contributed by atoms with Crippen LogP contribution in [0.3, 0.4) is 0 Å². The molecule has 0 aliphatic carbocycles. The van der Waals surface area contributed by atoms with Gasteiger partial charge in [0.05, 0.1) is 11.4 Å². The van der Waals surface area contributed by atoms with Crippen LogP contribution in [0, 0.1) is 0 Å². The number of thiophene rings is 1. The number of methoxy groups -OCH3 is 1. The van der Waals surface area contributed by atoms with Crippen LogP contribution in [0.15, 0.2) is 23.1 Å². The fourth-order valence-electron chi connectivity index (χ4n) is 1.33. The Morgan fingerprint density at radius 1 is 1.36 bits per heavy atom. The molecule has 1 nitrogen and oxygen atoms in total. The molecule has 0 atom stereocenters. The Morgan fingerprint density at radius 2 is 2.14 bits per heavy atom. The number of hydrogen-bond donors (Lipinski definition) is 0. The van der Waals surface area contributed by atoms with Crippen molar-refractivity contribution in [1.29, 1.82) is 0 Å². The van der Waals surface area contributed by atoms with Crippen LogP contribution in [0.25, 0.3) is 10.1 Å². The summed E-state index contributed by atoms with van der Waals surface area (Å²) in [6.07, 6.45) is 2.06. The van der Waals surface area contributed by atoms with Crippen LogP contribution in [0.2, 0.25) is 4.34 Å². The quantitative estimate of drug-likeness (QED) is 0.729. The minimum absolute atomic E-state index is 0.823. The minimum Gasteiger partial charge on any atom is -0.497 e. The van der Waals surface area contributed by atoms with Crippen molar-refractivity contribution in [2.24, 2.45) is 0 Å². The smallest absolute Gasteiger partial charge is 0.120 e. The molecule has 1 heterocycles. The maximum atomic E-state index is 5.98. The number of rotatable bonds is 2. The van der Waals surface area contributed by atoms with Gasteiger partial charge in [-0.2, -0.15) is 0 Å². The SMILES string of the molecule is COc1cc(SC)c2sc(Cl)cc2c1. The van der Waals surface area contributed by atoms with Gasteiger partial charge in [0.2, 0.25) is 0 Å². The third kappa shape index (κ3) is 1.72. The Labute approximate surface area is 96.0 Å². The van der Waals surface area contributed by atoms with E-state index < -0.39 is 0 Å². The zero-order valence-corrected chi connectivity index (χ0v) is 10.2. The van der Waals surface area contributed by atoms with Crippen molar-refractivity contribution in [2.45, 2.75) is 4.90 Å². The molecule has 0 spiro atoms. The fourth-order valence-corrected chi connectivity index (χ4v) is 3.37. The first kappa shape index (κ1) is 10.1. The van der Waals surface area contributed by atoms with Crippen LogP contribution in [0.1, 0.15) is 0 Å². The van der Waals surface area contributed by atoms with Crippen LogP contribution in [-0.2, 0) is 0 Å². The molecule has 14 heavy (non-hydrogen) atoms. The van der Waals surface area contributed by atoms with Crippen LogP contribution in [0.4, 0.5) is 0 Å². The summed E-state index contributed by atoms with van der Waals surface area (Å²) in [6, 6.07) is 6.03. The Bertz CT molecular complexity index is 464. The number of thioether (sulfide) groups is 1. The second-order valence-corrected chi connectivity index (χ2v) is 5.33. The molecule has 0 aliphatic heterocycles. The van der Waals surface area contributed by atoms with Gasteiger partial charge < -0.3 is 4.74 Å². The summed E-state index contributed by atoms with van der Waals surface area (Å²) < 4.78 is 7.28. The first-order valence-electron chi connectivity index (χ1n) is 4.05. The summed E-state index contributed by atoms with van der Waals surface area (Å²) >= 11 is 9.30. The number of halogens is 1. The third-order valence-corrected chi connectivity index (χ3v) is 4.19. The van der Waals surface area contributed by atoms with Crippen molar-refractivity contribution < 1.29 is 4.74 Å². The van der Waals surface area contributed by atoms with E-state index >= 15 is 0 Å². The van der Waals surface area contributed by atoms with Crippen LogP contribution >= 0.6 is 34.7 Å². The topological polar surface area (TPSA) is 9.23 Å². The van der Waals surface area contributed by atoms with Gasteiger partial charge >= 0.3 is 0 Å². The average molecular weight is 245 g/mol. The molecule has 0 saturated carbocycles. The fraction of sp³-hybridized carbons (Fsp3) is 0.200. The highest BCUT2D eigenvalue weighted by atomic mass is 35.5. The molecule has 0 unspecified atom stereocenters. The summed E-state index contributed by atoms with van der Waals surface area (Å²) in [4.78, 5) is 1.22. The Balaban J connectivity index is 2.72. The van der Waals surface area contributed by atoms with Crippen LogP contribution in [0.5, 0.6) is 5.75 Å². The number of hydrogen-bond acceptors (Lipinski definition) is 3. The Morgan fingerprint density at radius 3 is 2.79 bits per heavy atom. The highest BCUT2D eigenvalue weighted by Gasteiger charge is 2.07. The summed E-state index contributed by atoms with van der Waals surface area (Å²) in [5.74, 6) is 0.885. The predicted molar refractivity (Wildman–Crippen MR) is 65.2 cm³/mol. The molecule has 0 radical (unpaired) electrons. The zero-order valence-electron chi connectivity index (χ0n) is 7.83. The lowest BCUT2D eigenvalue weighted by Gasteiger charge is -2.03. The molecule has 0 aliphatic rings. The molecule has 1 aromatic carbocycles. The molecule has 74 valence electrons. The lowest BCUT2D eigenvalue weighted by molar-refractivity contribution is 0.414. The van der Waals surface area contributed by atoms with E-state index in [1.165, 1.54) is 9.60 Å². The molecule has 2 aromatic rings. The molecular weight excluding hydrogens is 236 g/mol.